The molecule has 1 aliphatic heterocycles. The maximum absolute atomic E-state index is 12.4. The van der Waals surface area contributed by atoms with E-state index in [0.29, 0.717) is 18.7 Å². The Morgan fingerprint density at radius 3 is 2.64 bits per heavy atom. The summed E-state index contributed by atoms with van der Waals surface area (Å²) in [5.41, 5.74) is -3.73. The summed E-state index contributed by atoms with van der Waals surface area (Å²) in [5.74, 6) is 0.0217. The lowest BCUT2D eigenvalue weighted by atomic mass is 9.98. The smallest absolute Gasteiger partial charge is 0.496 e. The zero-order valence-electron chi connectivity index (χ0n) is 12.1. The number of methoxy groups -OCH3 is 1. The Balaban J connectivity index is 2.35. The molecule has 5 nitrogen and oxygen atoms in total. The Kier molecular flexibility index (Phi) is 4.69. The summed E-state index contributed by atoms with van der Waals surface area (Å²) in [5, 5.41) is 0. The number of benzene rings is 1. The number of alkyl halides is 3. The minimum Gasteiger partial charge on any atom is -0.496 e. The molecule has 1 heterocycles. The van der Waals surface area contributed by atoms with Crippen molar-refractivity contribution < 1.29 is 30.9 Å². The largest absolute Gasteiger partial charge is 0.650 e. The van der Waals surface area contributed by atoms with Crippen molar-refractivity contribution in [1.82, 2.24) is 4.90 Å². The molecule has 0 amide bonds. The zero-order valence-corrected chi connectivity index (χ0v) is 13.0. The SMILES string of the molecule is CCN1CCc2cc(O[S+](=O)(O)C(F)(F)F)cc(OC)c2C1. The predicted octanol–water partition coefficient (Wildman–Crippen LogP) is 2.86. The first-order valence-electron chi connectivity index (χ1n) is 6.62. The summed E-state index contributed by atoms with van der Waals surface area (Å²) in [6.45, 7) is 4.23. The molecule has 0 spiro atoms. The van der Waals surface area contributed by atoms with Gasteiger partial charge in [0, 0.05) is 24.7 Å². The van der Waals surface area contributed by atoms with Crippen molar-refractivity contribution in [1.29, 1.82) is 0 Å². The molecule has 1 aliphatic rings. The fourth-order valence-corrected chi connectivity index (χ4v) is 2.79. The monoisotopic (exact) mass is 340 g/mol. The van der Waals surface area contributed by atoms with Crippen LogP contribution in [0.5, 0.6) is 11.5 Å². The first-order valence-corrected chi connectivity index (χ1v) is 8.06. The molecule has 0 bridgehead atoms. The average molecular weight is 340 g/mol. The van der Waals surface area contributed by atoms with Crippen molar-refractivity contribution in [2.45, 2.75) is 25.4 Å². The second-order valence-corrected chi connectivity index (χ2v) is 6.47. The fourth-order valence-electron chi connectivity index (χ4n) is 2.34. The average Bonchev–Trinajstić information content (AvgIpc) is 2.44. The van der Waals surface area contributed by atoms with Gasteiger partial charge in [-0.15, -0.1) is 17.7 Å². The van der Waals surface area contributed by atoms with Gasteiger partial charge in [-0.05, 0) is 28.8 Å². The number of halogens is 3. The Morgan fingerprint density at radius 1 is 1.41 bits per heavy atom. The van der Waals surface area contributed by atoms with Crippen LogP contribution in [0, 0.1) is 0 Å². The van der Waals surface area contributed by atoms with Gasteiger partial charge in [0.15, 0.2) is 5.75 Å². The van der Waals surface area contributed by atoms with Crippen molar-refractivity contribution in [3.63, 3.8) is 0 Å². The van der Waals surface area contributed by atoms with E-state index in [9.17, 15) is 17.4 Å². The molecule has 1 atom stereocenters. The Hall–Kier alpha value is -1.32. The van der Waals surface area contributed by atoms with Crippen molar-refractivity contribution in [2.75, 3.05) is 20.2 Å². The van der Waals surface area contributed by atoms with Gasteiger partial charge in [0.05, 0.1) is 7.11 Å². The molecule has 0 aliphatic carbocycles. The molecule has 1 unspecified atom stereocenters. The minimum absolute atomic E-state index is 0.328. The standard InChI is InChI=1S/C13H16F3NO4S/c1-3-17-5-4-9-6-10(7-12(20-2)11(9)8-17)21-22(18,19)13(14,15)16/h6-7H,3-5,8H2,1-2H3/p+1. The molecule has 0 fully saturated rings. The lowest BCUT2D eigenvalue weighted by molar-refractivity contribution is -0.0577. The molecule has 124 valence electrons. The number of nitrogens with zero attached hydrogens (tertiary/aromatic N) is 1. The van der Waals surface area contributed by atoms with Crippen LogP contribution in [0.15, 0.2) is 12.1 Å². The Bertz CT molecular complexity index is 588. The summed E-state index contributed by atoms with van der Waals surface area (Å²) in [7, 11) is -4.04. The van der Waals surface area contributed by atoms with Crippen LogP contribution in [0.1, 0.15) is 18.1 Å². The predicted molar refractivity (Wildman–Crippen MR) is 75.0 cm³/mol. The summed E-state index contributed by atoms with van der Waals surface area (Å²) in [4.78, 5) is 2.16. The van der Waals surface area contributed by atoms with Gasteiger partial charge in [-0.2, -0.15) is 0 Å². The van der Waals surface area contributed by atoms with E-state index >= 15 is 0 Å². The van der Waals surface area contributed by atoms with Gasteiger partial charge in [-0.3, -0.25) is 4.90 Å². The third-order valence-electron chi connectivity index (χ3n) is 3.52. The third kappa shape index (κ3) is 3.36. The van der Waals surface area contributed by atoms with Gasteiger partial charge in [-0.1, -0.05) is 6.92 Å². The van der Waals surface area contributed by atoms with Crippen LogP contribution < -0.4 is 8.92 Å². The summed E-state index contributed by atoms with van der Waals surface area (Å²) in [6, 6.07) is 2.58. The number of hydrogen-bond donors (Lipinski definition) is 1. The van der Waals surface area contributed by atoms with Crippen molar-refractivity contribution >= 4 is 10.5 Å². The number of fused-ring (bicyclic) bond motifs is 1. The third-order valence-corrected chi connectivity index (χ3v) is 4.53. The molecular weight excluding hydrogens is 323 g/mol. The van der Waals surface area contributed by atoms with Crippen LogP contribution in [0.4, 0.5) is 13.2 Å². The zero-order chi connectivity index (χ0) is 16.5. The highest BCUT2D eigenvalue weighted by molar-refractivity contribution is 7.94. The van der Waals surface area contributed by atoms with Gasteiger partial charge in [-0.25, -0.2) is 4.18 Å². The van der Waals surface area contributed by atoms with Gasteiger partial charge in [0.2, 0.25) is 0 Å². The van der Waals surface area contributed by atoms with E-state index < -0.39 is 16.0 Å². The molecule has 9 heteroatoms. The summed E-state index contributed by atoms with van der Waals surface area (Å²) in [6.07, 6.45) is 0.607. The second-order valence-electron chi connectivity index (χ2n) is 4.89. The van der Waals surface area contributed by atoms with E-state index in [1.807, 2.05) is 6.92 Å². The number of ether oxygens (including phenoxy) is 1. The van der Waals surface area contributed by atoms with E-state index in [1.54, 1.807) is 0 Å². The van der Waals surface area contributed by atoms with Crippen molar-refractivity contribution in [2.24, 2.45) is 0 Å². The van der Waals surface area contributed by atoms with Gasteiger partial charge >= 0.3 is 16.0 Å². The van der Waals surface area contributed by atoms with Crippen LogP contribution >= 0.6 is 0 Å². The summed E-state index contributed by atoms with van der Waals surface area (Å²) >= 11 is 0. The van der Waals surface area contributed by atoms with Crippen LogP contribution in [0.3, 0.4) is 0 Å². The van der Waals surface area contributed by atoms with E-state index in [0.717, 1.165) is 24.2 Å². The van der Waals surface area contributed by atoms with Crippen LogP contribution in [-0.2, 0) is 27.7 Å². The molecule has 2 rings (SSSR count). The normalized spacial score (nSPS) is 18.5. The fraction of sp³-hybridized carbons (Fsp3) is 0.538. The van der Waals surface area contributed by atoms with Gasteiger partial charge in [0.25, 0.3) is 0 Å². The highest BCUT2D eigenvalue weighted by atomic mass is 32.3. The van der Waals surface area contributed by atoms with E-state index in [4.69, 9.17) is 9.29 Å². The van der Waals surface area contributed by atoms with Crippen LogP contribution in [-0.4, -0.2) is 35.2 Å². The maximum atomic E-state index is 12.4. The van der Waals surface area contributed by atoms with Crippen LogP contribution in [0.25, 0.3) is 0 Å². The minimum atomic E-state index is -5.43. The molecule has 0 saturated heterocycles. The first-order chi connectivity index (χ1) is 10.2. The lowest BCUT2D eigenvalue weighted by Gasteiger charge is -2.28. The molecule has 1 N–H and O–H groups in total. The lowest BCUT2D eigenvalue weighted by Crippen LogP contribution is -2.35. The molecule has 0 saturated carbocycles. The van der Waals surface area contributed by atoms with E-state index in [-0.39, 0.29) is 5.75 Å². The molecule has 0 aromatic heterocycles. The molecule has 0 radical (unpaired) electrons. The number of rotatable bonds is 4. The topological polar surface area (TPSA) is 59.0 Å². The quantitative estimate of drug-likeness (QED) is 0.854. The summed E-state index contributed by atoms with van der Waals surface area (Å²) < 4.78 is 67.0. The Labute approximate surface area is 127 Å². The second kappa shape index (κ2) is 6.05. The van der Waals surface area contributed by atoms with Gasteiger partial charge in [0.1, 0.15) is 5.75 Å². The van der Waals surface area contributed by atoms with Gasteiger partial charge < -0.3 is 4.74 Å². The number of hydrogen-bond acceptors (Lipinski definition) is 4. The highest BCUT2D eigenvalue weighted by Crippen LogP contribution is 2.36. The maximum Gasteiger partial charge on any atom is 0.650 e. The van der Waals surface area contributed by atoms with Crippen LogP contribution in [0.2, 0.25) is 0 Å². The van der Waals surface area contributed by atoms with Crippen molar-refractivity contribution in [3.8, 4) is 11.5 Å². The van der Waals surface area contributed by atoms with Crippen molar-refractivity contribution in [3.05, 3.63) is 23.3 Å². The molecule has 1 aromatic rings. The Morgan fingerprint density at radius 2 is 2.09 bits per heavy atom. The molecular formula is C13H17F3NO4S+. The number of likely N-dealkylation sites (N-methyl/N-ethyl adjacent to an activating group) is 1. The molecule has 22 heavy (non-hydrogen) atoms. The molecule has 1 aromatic carbocycles. The highest BCUT2D eigenvalue weighted by Gasteiger charge is 2.63. The first kappa shape index (κ1) is 17.0. The van der Waals surface area contributed by atoms with E-state index in [2.05, 4.69) is 9.08 Å². The van der Waals surface area contributed by atoms with E-state index in [1.165, 1.54) is 19.2 Å².